The van der Waals surface area contributed by atoms with Crippen LogP contribution in [0.3, 0.4) is 0 Å². The molecule has 1 rings (SSSR count). The molecule has 0 fully saturated rings. The van der Waals surface area contributed by atoms with E-state index in [0.717, 1.165) is 9.13 Å². The number of aromatic hydroxyl groups is 2. The molecule has 0 saturated carbocycles. The minimum atomic E-state index is 0.240. The quantitative estimate of drug-likeness (QED) is 0.557. The van der Waals surface area contributed by atoms with Crippen molar-refractivity contribution >= 4 is 22.6 Å². The van der Waals surface area contributed by atoms with Gasteiger partial charge in [0.25, 0.3) is 0 Å². The number of phenols is 2. The van der Waals surface area contributed by atoms with Crippen molar-refractivity contribution in [2.75, 3.05) is 0 Å². The number of halogens is 1. The van der Waals surface area contributed by atoms with Gasteiger partial charge in [-0.2, -0.15) is 0 Å². The average Bonchev–Trinajstić information content (AvgIpc) is 1.97. The Hall–Kier alpha value is -0.450. The van der Waals surface area contributed by atoms with Gasteiger partial charge in [-0.25, -0.2) is 0 Å². The maximum atomic E-state index is 9.39. The summed E-state index contributed by atoms with van der Waals surface area (Å²) in [6.07, 6.45) is 0. The predicted molar refractivity (Wildman–Crippen MR) is 52.0 cm³/mol. The zero-order chi connectivity index (χ0) is 8.59. The van der Waals surface area contributed by atoms with E-state index in [0.29, 0.717) is 5.56 Å². The lowest BCUT2D eigenvalue weighted by Crippen LogP contribution is -1.85. The topological polar surface area (TPSA) is 40.5 Å². The Balaban J connectivity index is 3.46. The highest BCUT2D eigenvalue weighted by atomic mass is 127. The summed E-state index contributed by atoms with van der Waals surface area (Å²) in [7, 11) is 0. The van der Waals surface area contributed by atoms with Gasteiger partial charge in [-0.1, -0.05) is 0 Å². The van der Waals surface area contributed by atoms with Gasteiger partial charge < -0.3 is 10.2 Å². The minimum Gasteiger partial charge on any atom is -0.508 e. The lowest BCUT2D eigenvalue weighted by Gasteiger charge is -2.06. The van der Waals surface area contributed by atoms with Gasteiger partial charge in [0.1, 0.15) is 11.5 Å². The average molecular weight is 264 g/mol. The Morgan fingerprint density at radius 1 is 1.27 bits per heavy atom. The molecule has 11 heavy (non-hydrogen) atoms. The molecule has 1 aromatic rings. The number of rotatable bonds is 0. The monoisotopic (exact) mass is 264 g/mol. The highest BCUT2D eigenvalue weighted by Crippen LogP contribution is 2.32. The molecular weight excluding hydrogens is 255 g/mol. The third-order valence-corrected chi connectivity index (χ3v) is 2.97. The second kappa shape index (κ2) is 2.89. The van der Waals surface area contributed by atoms with Crippen molar-refractivity contribution in [1.29, 1.82) is 0 Å². The fourth-order valence-corrected chi connectivity index (χ4v) is 1.55. The first-order valence-corrected chi connectivity index (χ1v) is 4.29. The zero-order valence-electron chi connectivity index (χ0n) is 6.35. The van der Waals surface area contributed by atoms with Crippen molar-refractivity contribution in [3.8, 4) is 11.5 Å². The molecule has 0 bridgehead atoms. The third kappa shape index (κ3) is 1.42. The molecule has 0 aromatic heterocycles. The van der Waals surface area contributed by atoms with Crippen LogP contribution >= 0.6 is 22.6 Å². The van der Waals surface area contributed by atoms with Crippen molar-refractivity contribution in [3.63, 3.8) is 0 Å². The minimum absolute atomic E-state index is 0.240. The molecule has 1 aromatic carbocycles. The molecule has 60 valence electrons. The molecule has 0 aliphatic rings. The second-order valence-corrected chi connectivity index (χ2v) is 3.58. The van der Waals surface area contributed by atoms with Crippen molar-refractivity contribution in [2.45, 2.75) is 13.8 Å². The summed E-state index contributed by atoms with van der Waals surface area (Å²) in [4.78, 5) is 0. The van der Waals surface area contributed by atoms with E-state index in [1.165, 1.54) is 0 Å². The smallest absolute Gasteiger partial charge is 0.132 e. The van der Waals surface area contributed by atoms with Gasteiger partial charge in [-0.3, -0.25) is 0 Å². The van der Waals surface area contributed by atoms with Crippen LogP contribution in [0.5, 0.6) is 11.5 Å². The van der Waals surface area contributed by atoms with Crippen molar-refractivity contribution < 1.29 is 10.2 Å². The Bertz CT molecular complexity index is 268. The number of benzene rings is 1. The molecule has 0 saturated heterocycles. The molecular formula is C8H9IO2. The lowest BCUT2D eigenvalue weighted by molar-refractivity contribution is 0.450. The van der Waals surface area contributed by atoms with Crippen LogP contribution in [-0.2, 0) is 0 Å². The first kappa shape index (κ1) is 8.64. The molecule has 0 unspecified atom stereocenters. The van der Waals surface area contributed by atoms with E-state index in [9.17, 15) is 10.2 Å². The van der Waals surface area contributed by atoms with Crippen molar-refractivity contribution in [3.05, 3.63) is 20.8 Å². The summed E-state index contributed by atoms with van der Waals surface area (Å²) >= 11 is 2.01. The van der Waals surface area contributed by atoms with Gasteiger partial charge in [-0.05, 0) is 48.1 Å². The largest absolute Gasteiger partial charge is 0.508 e. The molecule has 0 heterocycles. The Morgan fingerprint density at radius 2 is 1.82 bits per heavy atom. The maximum Gasteiger partial charge on any atom is 0.132 e. The molecule has 2 N–H and O–H groups in total. The maximum absolute atomic E-state index is 9.39. The van der Waals surface area contributed by atoms with Crippen LogP contribution in [0.1, 0.15) is 11.1 Å². The number of phenolic OH excluding ortho intramolecular Hbond substituents is 2. The van der Waals surface area contributed by atoms with E-state index in [4.69, 9.17) is 0 Å². The molecule has 0 aliphatic heterocycles. The van der Waals surface area contributed by atoms with E-state index in [1.54, 1.807) is 19.9 Å². The van der Waals surface area contributed by atoms with Crippen LogP contribution in [0.25, 0.3) is 0 Å². The van der Waals surface area contributed by atoms with Crippen LogP contribution in [0.4, 0.5) is 0 Å². The van der Waals surface area contributed by atoms with E-state index in [-0.39, 0.29) is 11.5 Å². The van der Waals surface area contributed by atoms with Gasteiger partial charge in [0.05, 0.1) is 3.57 Å². The van der Waals surface area contributed by atoms with Gasteiger partial charge in [-0.15, -0.1) is 0 Å². The molecule has 0 radical (unpaired) electrons. The van der Waals surface area contributed by atoms with E-state index in [1.807, 2.05) is 22.6 Å². The molecule has 0 aliphatic carbocycles. The van der Waals surface area contributed by atoms with Crippen LogP contribution in [-0.4, -0.2) is 10.2 Å². The first-order chi connectivity index (χ1) is 5.04. The number of aryl methyl sites for hydroxylation is 1. The molecule has 0 atom stereocenters. The van der Waals surface area contributed by atoms with Crippen LogP contribution in [0, 0.1) is 17.4 Å². The Kier molecular flexibility index (Phi) is 2.27. The highest BCUT2D eigenvalue weighted by molar-refractivity contribution is 14.1. The fourth-order valence-electron chi connectivity index (χ4n) is 0.845. The number of hydrogen-bond donors (Lipinski definition) is 2. The van der Waals surface area contributed by atoms with Crippen LogP contribution < -0.4 is 0 Å². The first-order valence-electron chi connectivity index (χ1n) is 3.21. The Morgan fingerprint density at radius 3 is 2.36 bits per heavy atom. The Labute approximate surface area is 79.0 Å². The molecule has 0 spiro atoms. The second-order valence-electron chi connectivity index (χ2n) is 2.50. The van der Waals surface area contributed by atoms with Crippen molar-refractivity contribution in [2.24, 2.45) is 0 Å². The highest BCUT2D eigenvalue weighted by Gasteiger charge is 2.08. The summed E-state index contributed by atoms with van der Waals surface area (Å²) < 4.78 is 0.722. The number of hydrogen-bond acceptors (Lipinski definition) is 2. The standard InChI is InChI=1S/C8H9IO2/c1-4-3-6(10)5(2)7(9)8(4)11/h3,10-11H,1-2H3. The summed E-state index contributed by atoms with van der Waals surface area (Å²) in [5, 5.41) is 18.7. The zero-order valence-corrected chi connectivity index (χ0v) is 8.51. The molecule has 0 amide bonds. The van der Waals surface area contributed by atoms with E-state index < -0.39 is 0 Å². The molecule has 3 heteroatoms. The van der Waals surface area contributed by atoms with Crippen LogP contribution in [0.15, 0.2) is 6.07 Å². The third-order valence-electron chi connectivity index (χ3n) is 1.65. The normalized spacial score (nSPS) is 10.1. The van der Waals surface area contributed by atoms with Gasteiger partial charge in [0, 0.05) is 5.56 Å². The van der Waals surface area contributed by atoms with Gasteiger partial charge in [0.15, 0.2) is 0 Å². The van der Waals surface area contributed by atoms with Gasteiger partial charge in [0.2, 0.25) is 0 Å². The summed E-state index contributed by atoms with van der Waals surface area (Å²) in [6.45, 7) is 3.53. The van der Waals surface area contributed by atoms with Gasteiger partial charge >= 0.3 is 0 Å². The van der Waals surface area contributed by atoms with E-state index in [2.05, 4.69) is 0 Å². The molecule has 2 nitrogen and oxygen atoms in total. The van der Waals surface area contributed by atoms with E-state index >= 15 is 0 Å². The summed E-state index contributed by atoms with van der Waals surface area (Å²) in [5.74, 6) is 0.505. The predicted octanol–water partition coefficient (Wildman–Crippen LogP) is 2.32. The summed E-state index contributed by atoms with van der Waals surface area (Å²) in [6, 6.07) is 1.56. The lowest BCUT2D eigenvalue weighted by atomic mass is 10.1. The van der Waals surface area contributed by atoms with Crippen molar-refractivity contribution in [1.82, 2.24) is 0 Å². The SMILES string of the molecule is Cc1cc(O)c(C)c(I)c1O. The fraction of sp³-hybridized carbons (Fsp3) is 0.250. The summed E-state index contributed by atoms with van der Waals surface area (Å²) in [5.41, 5.74) is 1.44. The van der Waals surface area contributed by atoms with Crippen LogP contribution in [0.2, 0.25) is 0 Å².